The summed E-state index contributed by atoms with van der Waals surface area (Å²) in [5.41, 5.74) is 0.772. The van der Waals surface area contributed by atoms with Crippen molar-refractivity contribution in [3.8, 4) is 11.5 Å². The molecule has 25 heavy (non-hydrogen) atoms. The van der Waals surface area contributed by atoms with Gasteiger partial charge in [-0.05, 0) is 64.8 Å². The minimum absolute atomic E-state index is 0.265. The molecule has 1 aromatic carbocycles. The highest BCUT2D eigenvalue weighted by Gasteiger charge is 2.23. The average Bonchev–Trinajstić information content (AvgIpc) is 2.85. The molecule has 0 aromatic heterocycles. The van der Waals surface area contributed by atoms with Crippen molar-refractivity contribution in [2.75, 3.05) is 13.2 Å². The van der Waals surface area contributed by atoms with Crippen molar-refractivity contribution < 1.29 is 19.1 Å². The van der Waals surface area contributed by atoms with E-state index in [1.807, 2.05) is 26.0 Å². The minimum atomic E-state index is -0.380. The third-order valence-electron chi connectivity index (χ3n) is 2.98. The van der Waals surface area contributed by atoms with Gasteiger partial charge in [-0.2, -0.15) is 4.99 Å². The molecule has 0 aliphatic carbocycles. The highest BCUT2D eigenvalue weighted by atomic mass is 79.9. The molecule has 1 N–H and O–H groups in total. The van der Waals surface area contributed by atoms with E-state index < -0.39 is 0 Å². The van der Waals surface area contributed by atoms with Crippen molar-refractivity contribution in [1.82, 2.24) is 5.32 Å². The third-order valence-corrected chi connectivity index (χ3v) is 4.47. The van der Waals surface area contributed by atoms with Crippen LogP contribution in [0.3, 0.4) is 0 Å². The number of ether oxygens (including phenoxy) is 2. The van der Waals surface area contributed by atoms with Crippen LogP contribution in [0, 0.1) is 0 Å². The van der Waals surface area contributed by atoms with Gasteiger partial charge in [-0.3, -0.25) is 9.59 Å². The molecule has 0 radical (unpaired) electrons. The van der Waals surface area contributed by atoms with E-state index in [0.717, 1.165) is 28.2 Å². The standard InChI is InChI=1S/C17H19BrN2O4S/c1-4-6-24-15-12(18)7-11(8-13(15)23-5-2)9-14-16(22)20-17(25-14)19-10(3)21/h7-9H,4-6H2,1-3H3,(H,19,20,21,22). The Morgan fingerprint density at radius 1 is 1.36 bits per heavy atom. The number of carbonyl (C=O) groups excluding carboxylic acids is 2. The summed E-state index contributed by atoms with van der Waals surface area (Å²) in [5, 5.41) is 2.81. The van der Waals surface area contributed by atoms with Gasteiger partial charge in [-0.1, -0.05) is 6.92 Å². The zero-order valence-electron chi connectivity index (χ0n) is 14.2. The van der Waals surface area contributed by atoms with Gasteiger partial charge in [0.1, 0.15) is 0 Å². The van der Waals surface area contributed by atoms with Crippen molar-refractivity contribution in [1.29, 1.82) is 0 Å². The highest BCUT2D eigenvalue weighted by molar-refractivity contribution is 9.10. The van der Waals surface area contributed by atoms with Crippen LogP contribution in [0.4, 0.5) is 0 Å². The molecule has 1 aliphatic heterocycles. The van der Waals surface area contributed by atoms with Gasteiger partial charge in [0.05, 0.1) is 22.6 Å². The van der Waals surface area contributed by atoms with E-state index in [0.29, 0.717) is 29.6 Å². The van der Waals surface area contributed by atoms with Crippen LogP contribution in [-0.4, -0.2) is 30.2 Å². The smallest absolute Gasteiger partial charge is 0.286 e. The Morgan fingerprint density at radius 3 is 2.76 bits per heavy atom. The summed E-state index contributed by atoms with van der Waals surface area (Å²) < 4.78 is 12.1. The number of rotatable bonds is 6. The summed E-state index contributed by atoms with van der Waals surface area (Å²) >= 11 is 4.62. The molecule has 0 bridgehead atoms. The maximum Gasteiger partial charge on any atom is 0.286 e. The Kier molecular flexibility index (Phi) is 7.07. The number of halogens is 1. The molecule has 0 saturated carbocycles. The van der Waals surface area contributed by atoms with Gasteiger partial charge in [0.25, 0.3) is 5.91 Å². The van der Waals surface area contributed by atoms with E-state index in [1.165, 1.54) is 6.92 Å². The summed E-state index contributed by atoms with van der Waals surface area (Å²) in [6, 6.07) is 3.67. The summed E-state index contributed by atoms with van der Waals surface area (Å²) in [6.45, 7) is 6.38. The van der Waals surface area contributed by atoms with E-state index in [9.17, 15) is 9.59 Å². The lowest BCUT2D eigenvalue weighted by Crippen LogP contribution is -2.23. The number of benzene rings is 1. The van der Waals surface area contributed by atoms with E-state index in [4.69, 9.17) is 9.47 Å². The molecule has 1 aromatic rings. The largest absolute Gasteiger partial charge is 0.490 e. The number of aliphatic imine (C=N–C) groups is 1. The SMILES string of the molecule is CCCOc1c(Br)cc(C=C2SC(NC(C)=O)=NC2=O)cc1OCC. The van der Waals surface area contributed by atoms with E-state index in [2.05, 4.69) is 26.2 Å². The van der Waals surface area contributed by atoms with Crippen LogP contribution in [-0.2, 0) is 9.59 Å². The summed E-state index contributed by atoms with van der Waals surface area (Å²) in [4.78, 5) is 27.3. The molecule has 2 amide bonds. The first-order valence-corrected chi connectivity index (χ1v) is 9.44. The first-order chi connectivity index (χ1) is 11.9. The number of nitrogens with zero attached hydrogens (tertiary/aromatic N) is 1. The van der Waals surface area contributed by atoms with Gasteiger partial charge in [0.15, 0.2) is 16.7 Å². The maximum atomic E-state index is 12.0. The van der Waals surface area contributed by atoms with Crippen LogP contribution in [0.25, 0.3) is 6.08 Å². The Hall–Kier alpha value is -1.80. The maximum absolute atomic E-state index is 12.0. The molecule has 8 heteroatoms. The first-order valence-electron chi connectivity index (χ1n) is 7.83. The van der Waals surface area contributed by atoms with Gasteiger partial charge >= 0.3 is 0 Å². The lowest BCUT2D eigenvalue weighted by Gasteiger charge is -2.14. The topological polar surface area (TPSA) is 77.0 Å². The molecule has 0 spiro atoms. The van der Waals surface area contributed by atoms with Gasteiger partial charge in [-0.15, -0.1) is 0 Å². The van der Waals surface area contributed by atoms with Crippen molar-refractivity contribution >= 4 is 50.7 Å². The Balaban J connectivity index is 2.28. The fraction of sp³-hybridized carbons (Fsp3) is 0.353. The summed E-state index contributed by atoms with van der Waals surface area (Å²) in [6.07, 6.45) is 2.60. The molecule has 6 nitrogen and oxygen atoms in total. The number of nitrogens with one attached hydrogen (secondary N) is 1. The lowest BCUT2D eigenvalue weighted by molar-refractivity contribution is -0.117. The highest BCUT2D eigenvalue weighted by Crippen LogP contribution is 2.38. The fourth-order valence-corrected chi connectivity index (χ4v) is 3.48. The van der Waals surface area contributed by atoms with Crippen molar-refractivity contribution in [2.24, 2.45) is 4.99 Å². The molecule has 134 valence electrons. The number of hydrogen-bond donors (Lipinski definition) is 1. The predicted octanol–water partition coefficient (Wildman–Crippen LogP) is 3.74. The molecule has 1 heterocycles. The molecule has 2 rings (SSSR count). The lowest BCUT2D eigenvalue weighted by atomic mass is 10.2. The molecule has 0 fully saturated rings. The molecular formula is C17H19BrN2O4S. The fourth-order valence-electron chi connectivity index (χ4n) is 2.04. The van der Waals surface area contributed by atoms with Gasteiger partial charge in [0, 0.05) is 6.92 Å². The van der Waals surface area contributed by atoms with Crippen LogP contribution in [0.15, 0.2) is 26.5 Å². The number of hydrogen-bond acceptors (Lipinski definition) is 5. The van der Waals surface area contributed by atoms with Gasteiger partial charge < -0.3 is 14.8 Å². The van der Waals surface area contributed by atoms with Crippen molar-refractivity contribution in [3.63, 3.8) is 0 Å². The predicted molar refractivity (Wildman–Crippen MR) is 103 cm³/mol. The molecule has 0 atom stereocenters. The minimum Gasteiger partial charge on any atom is -0.490 e. The van der Waals surface area contributed by atoms with E-state index >= 15 is 0 Å². The Labute approximate surface area is 159 Å². The van der Waals surface area contributed by atoms with Gasteiger partial charge in [-0.25, -0.2) is 0 Å². The van der Waals surface area contributed by atoms with Crippen molar-refractivity contribution in [3.05, 3.63) is 27.1 Å². The third kappa shape index (κ3) is 5.34. The monoisotopic (exact) mass is 426 g/mol. The normalized spacial score (nSPS) is 15.3. The van der Waals surface area contributed by atoms with Crippen LogP contribution in [0.5, 0.6) is 11.5 Å². The Bertz CT molecular complexity index is 746. The zero-order valence-corrected chi connectivity index (χ0v) is 16.6. The van der Waals surface area contributed by atoms with Crippen LogP contribution >= 0.6 is 27.7 Å². The number of thioether (sulfide) groups is 1. The second kappa shape index (κ2) is 9.05. The number of amides is 2. The summed E-state index contributed by atoms with van der Waals surface area (Å²) in [7, 11) is 0. The molecule has 0 unspecified atom stereocenters. The van der Waals surface area contributed by atoms with Crippen molar-refractivity contribution in [2.45, 2.75) is 27.2 Å². The molecule has 1 aliphatic rings. The number of carbonyl (C=O) groups is 2. The number of amidine groups is 1. The quantitative estimate of drug-likeness (QED) is 0.700. The van der Waals surface area contributed by atoms with Gasteiger partial charge in [0.2, 0.25) is 5.91 Å². The zero-order chi connectivity index (χ0) is 18.4. The Morgan fingerprint density at radius 2 is 2.12 bits per heavy atom. The van der Waals surface area contributed by atoms with Crippen LogP contribution in [0.1, 0.15) is 32.8 Å². The van der Waals surface area contributed by atoms with Crippen LogP contribution in [0.2, 0.25) is 0 Å². The molecule has 0 saturated heterocycles. The van der Waals surface area contributed by atoms with E-state index in [-0.39, 0.29) is 17.0 Å². The van der Waals surface area contributed by atoms with Crippen LogP contribution < -0.4 is 14.8 Å². The first kappa shape index (κ1) is 19.5. The van der Waals surface area contributed by atoms with E-state index in [1.54, 1.807) is 6.08 Å². The average molecular weight is 427 g/mol. The molecular weight excluding hydrogens is 408 g/mol. The second-order valence-corrected chi connectivity index (χ2v) is 7.01. The second-order valence-electron chi connectivity index (χ2n) is 5.13. The summed E-state index contributed by atoms with van der Waals surface area (Å²) in [5.74, 6) is 0.607.